The van der Waals surface area contributed by atoms with Gasteiger partial charge in [-0.25, -0.2) is 0 Å². The molecule has 1 heterocycles. The molecule has 1 amide bonds. The van der Waals surface area contributed by atoms with E-state index in [2.05, 4.69) is 53.2 Å². The third-order valence-corrected chi connectivity index (χ3v) is 5.88. The first-order valence-electron chi connectivity index (χ1n) is 11.8. The van der Waals surface area contributed by atoms with Gasteiger partial charge >= 0.3 is 0 Å². The Balaban J connectivity index is 1.48. The maximum absolute atomic E-state index is 12.3. The summed E-state index contributed by atoms with van der Waals surface area (Å²) in [6, 6.07) is 16.6. The second kappa shape index (κ2) is 12.2. The molecule has 0 atom stereocenters. The van der Waals surface area contributed by atoms with Gasteiger partial charge in [0.1, 0.15) is 0 Å². The summed E-state index contributed by atoms with van der Waals surface area (Å²) in [5.41, 5.74) is 4.26. The molecule has 1 saturated heterocycles. The summed E-state index contributed by atoms with van der Waals surface area (Å²) in [7, 11) is 0. The normalized spacial score (nSPS) is 14.4. The zero-order valence-corrected chi connectivity index (χ0v) is 19.1. The molecule has 0 spiro atoms. The molecule has 0 saturated carbocycles. The summed E-state index contributed by atoms with van der Waals surface area (Å²) < 4.78 is 0. The zero-order valence-electron chi connectivity index (χ0n) is 19.1. The molecule has 0 aliphatic carbocycles. The van der Waals surface area contributed by atoms with Gasteiger partial charge in [0.25, 0.3) is 0 Å². The largest absolute Gasteiger partial charge is 0.368 e. The number of azo groups is 1. The van der Waals surface area contributed by atoms with Gasteiger partial charge in [-0.15, -0.1) is 0 Å². The van der Waals surface area contributed by atoms with Crippen molar-refractivity contribution in [3.8, 4) is 0 Å². The van der Waals surface area contributed by atoms with Crippen molar-refractivity contribution < 1.29 is 4.79 Å². The monoisotopic (exact) mass is 420 g/mol. The number of aryl methyl sites for hydroxylation is 1. The van der Waals surface area contributed by atoms with Crippen LogP contribution >= 0.6 is 0 Å². The van der Waals surface area contributed by atoms with Crippen LogP contribution in [0.5, 0.6) is 0 Å². The molecule has 3 rings (SSSR count). The molecule has 5 nitrogen and oxygen atoms in total. The van der Waals surface area contributed by atoms with Crippen molar-refractivity contribution in [2.45, 2.75) is 58.8 Å². The van der Waals surface area contributed by atoms with Gasteiger partial charge in [-0.3, -0.25) is 4.79 Å². The van der Waals surface area contributed by atoms with Gasteiger partial charge < -0.3 is 9.80 Å². The van der Waals surface area contributed by atoms with Crippen LogP contribution in [0.25, 0.3) is 0 Å². The van der Waals surface area contributed by atoms with Crippen LogP contribution in [0.15, 0.2) is 58.8 Å². The van der Waals surface area contributed by atoms with Crippen molar-refractivity contribution in [2.24, 2.45) is 10.2 Å². The first-order chi connectivity index (χ1) is 15.2. The number of anilines is 1. The lowest BCUT2D eigenvalue weighted by Crippen LogP contribution is -2.48. The highest BCUT2D eigenvalue weighted by molar-refractivity contribution is 5.76. The van der Waals surface area contributed by atoms with Gasteiger partial charge in [-0.1, -0.05) is 45.2 Å². The molecule has 5 heteroatoms. The molecule has 2 aromatic rings. The number of carbonyl (C=O) groups is 1. The first kappa shape index (κ1) is 23.0. The van der Waals surface area contributed by atoms with Gasteiger partial charge in [-0.05, 0) is 61.2 Å². The van der Waals surface area contributed by atoms with E-state index in [0.717, 1.165) is 63.2 Å². The summed E-state index contributed by atoms with van der Waals surface area (Å²) in [5, 5.41) is 8.75. The first-order valence-corrected chi connectivity index (χ1v) is 11.8. The second-order valence-electron chi connectivity index (χ2n) is 8.31. The summed E-state index contributed by atoms with van der Waals surface area (Å²) in [4.78, 5) is 16.7. The molecule has 0 bridgehead atoms. The molecule has 31 heavy (non-hydrogen) atoms. The van der Waals surface area contributed by atoms with E-state index in [1.54, 1.807) is 0 Å². The van der Waals surface area contributed by atoms with Crippen molar-refractivity contribution in [3.63, 3.8) is 0 Å². The lowest BCUT2D eigenvalue weighted by atomic mass is 10.1. The number of hydrogen-bond donors (Lipinski definition) is 0. The Kier molecular flexibility index (Phi) is 9.07. The fourth-order valence-electron chi connectivity index (χ4n) is 3.85. The molecule has 1 aliphatic heterocycles. The maximum Gasteiger partial charge on any atom is 0.222 e. The molecule has 0 radical (unpaired) electrons. The number of benzene rings is 2. The number of carbonyl (C=O) groups excluding carboxylic acids is 1. The smallest absolute Gasteiger partial charge is 0.222 e. The highest BCUT2D eigenvalue weighted by Crippen LogP contribution is 2.24. The average molecular weight is 421 g/mol. The topological polar surface area (TPSA) is 48.3 Å². The predicted octanol–water partition coefficient (Wildman–Crippen LogP) is 6.67. The lowest BCUT2D eigenvalue weighted by molar-refractivity contribution is -0.131. The number of rotatable bonds is 10. The van der Waals surface area contributed by atoms with Crippen molar-refractivity contribution in [3.05, 3.63) is 54.1 Å². The molecular formula is C26H36N4O. The van der Waals surface area contributed by atoms with Crippen LogP contribution in [0.3, 0.4) is 0 Å². The van der Waals surface area contributed by atoms with E-state index in [1.807, 2.05) is 29.2 Å². The van der Waals surface area contributed by atoms with Crippen LogP contribution in [0.4, 0.5) is 17.1 Å². The van der Waals surface area contributed by atoms with Crippen LogP contribution in [0, 0.1) is 0 Å². The Morgan fingerprint density at radius 1 is 0.774 bits per heavy atom. The molecule has 0 aromatic heterocycles. The Bertz CT molecular complexity index is 821. The number of nitrogens with zero attached hydrogens (tertiary/aromatic N) is 4. The van der Waals surface area contributed by atoms with E-state index >= 15 is 0 Å². The van der Waals surface area contributed by atoms with Crippen molar-refractivity contribution >= 4 is 23.0 Å². The highest BCUT2D eigenvalue weighted by atomic mass is 16.2. The summed E-state index contributed by atoms with van der Waals surface area (Å²) in [6.45, 7) is 7.75. The molecule has 166 valence electrons. The van der Waals surface area contributed by atoms with Crippen LogP contribution < -0.4 is 4.90 Å². The van der Waals surface area contributed by atoms with E-state index in [0.29, 0.717) is 12.3 Å². The lowest BCUT2D eigenvalue weighted by Gasteiger charge is -2.36. The minimum atomic E-state index is 0.308. The van der Waals surface area contributed by atoms with Gasteiger partial charge in [0.05, 0.1) is 11.4 Å². The molecular weight excluding hydrogens is 384 g/mol. The molecule has 2 aromatic carbocycles. The summed E-state index contributed by atoms with van der Waals surface area (Å²) >= 11 is 0. The van der Waals surface area contributed by atoms with Crippen molar-refractivity contribution in [1.29, 1.82) is 0 Å². The molecule has 0 unspecified atom stereocenters. The predicted molar refractivity (Wildman–Crippen MR) is 129 cm³/mol. The molecule has 0 N–H and O–H groups in total. The van der Waals surface area contributed by atoms with Gasteiger partial charge in [0.15, 0.2) is 0 Å². The van der Waals surface area contributed by atoms with E-state index in [4.69, 9.17) is 0 Å². The van der Waals surface area contributed by atoms with E-state index < -0.39 is 0 Å². The van der Waals surface area contributed by atoms with Gasteiger partial charge in [0, 0.05) is 38.3 Å². The minimum Gasteiger partial charge on any atom is -0.368 e. The van der Waals surface area contributed by atoms with Crippen LogP contribution in [-0.2, 0) is 11.2 Å². The summed E-state index contributed by atoms with van der Waals surface area (Å²) in [5.74, 6) is 0.308. The third kappa shape index (κ3) is 7.20. The fraction of sp³-hybridized carbons (Fsp3) is 0.500. The van der Waals surface area contributed by atoms with Crippen LogP contribution in [0.2, 0.25) is 0 Å². The van der Waals surface area contributed by atoms with E-state index in [-0.39, 0.29) is 0 Å². The Hall–Kier alpha value is -2.69. The maximum atomic E-state index is 12.3. The van der Waals surface area contributed by atoms with Gasteiger partial charge in [-0.2, -0.15) is 10.2 Å². The van der Waals surface area contributed by atoms with Gasteiger partial charge in [0.2, 0.25) is 5.91 Å². The molecule has 1 aliphatic rings. The quantitative estimate of drug-likeness (QED) is 0.318. The Labute approximate surface area is 187 Å². The van der Waals surface area contributed by atoms with E-state index in [1.165, 1.54) is 24.1 Å². The number of piperazine rings is 1. The highest BCUT2D eigenvalue weighted by Gasteiger charge is 2.20. The Morgan fingerprint density at radius 3 is 1.94 bits per heavy atom. The second-order valence-corrected chi connectivity index (χ2v) is 8.31. The summed E-state index contributed by atoms with van der Waals surface area (Å²) in [6.07, 6.45) is 7.55. The minimum absolute atomic E-state index is 0.308. The van der Waals surface area contributed by atoms with Crippen molar-refractivity contribution in [2.75, 3.05) is 31.1 Å². The number of amides is 1. The number of hydrogen-bond acceptors (Lipinski definition) is 4. The standard InChI is InChI=1S/C26H36N4O/c1-3-5-7-9-26(31)30-20-18-29(19-21-30)25-16-14-24(15-17-25)28-27-23-12-10-22(11-13-23)8-6-4-2/h10-17H,3-9,18-21H2,1-2H3. The Morgan fingerprint density at radius 2 is 1.35 bits per heavy atom. The van der Waals surface area contributed by atoms with Crippen molar-refractivity contribution in [1.82, 2.24) is 4.90 Å². The van der Waals surface area contributed by atoms with Crippen LogP contribution in [0.1, 0.15) is 57.9 Å². The fourth-order valence-corrected chi connectivity index (χ4v) is 3.85. The third-order valence-electron chi connectivity index (χ3n) is 5.88. The number of unbranched alkanes of at least 4 members (excludes halogenated alkanes) is 3. The van der Waals surface area contributed by atoms with Crippen LogP contribution in [-0.4, -0.2) is 37.0 Å². The zero-order chi connectivity index (χ0) is 21.9. The molecule has 1 fully saturated rings. The van der Waals surface area contributed by atoms with E-state index in [9.17, 15) is 4.79 Å². The SMILES string of the molecule is CCCCCC(=O)N1CCN(c2ccc(N=Nc3ccc(CCCC)cc3)cc2)CC1. The average Bonchev–Trinajstić information content (AvgIpc) is 2.82.